The molecule has 0 saturated carbocycles. The van der Waals surface area contributed by atoms with Crippen molar-refractivity contribution in [3.8, 4) is 5.75 Å². The minimum atomic E-state index is -3.09. The van der Waals surface area contributed by atoms with E-state index < -0.39 is 27.8 Å². The van der Waals surface area contributed by atoms with E-state index in [0.29, 0.717) is 12.2 Å². The van der Waals surface area contributed by atoms with Gasteiger partial charge in [0.15, 0.2) is 15.9 Å². The minimum Gasteiger partial charge on any atom is -0.496 e. The molecule has 138 valence electrons. The van der Waals surface area contributed by atoms with Crippen LogP contribution in [0.2, 0.25) is 0 Å². The molecule has 1 fully saturated rings. The molecule has 0 bridgehead atoms. The molecule has 7 nitrogen and oxygen atoms in total. The zero-order chi connectivity index (χ0) is 18.8. The molecule has 1 aliphatic heterocycles. The van der Waals surface area contributed by atoms with Crippen LogP contribution in [0.1, 0.15) is 29.3 Å². The Balaban J connectivity index is 2.02. The van der Waals surface area contributed by atoms with Crippen molar-refractivity contribution in [2.75, 3.05) is 25.7 Å². The fourth-order valence-electron chi connectivity index (χ4n) is 2.77. The Kier molecular flexibility index (Phi) is 5.72. The standard InChI is InChI=1S/C17H23NO6S/c1-11-5-6-13(9-15(11)23-4)17(20)24-12(2)16(19)18(3)14-7-8-25(21,22)10-14/h5-6,9,12,14H,7-8,10H2,1-4H3/t12-,14-/m1/s1. The number of esters is 1. The zero-order valence-electron chi connectivity index (χ0n) is 14.8. The zero-order valence-corrected chi connectivity index (χ0v) is 15.6. The fourth-order valence-corrected chi connectivity index (χ4v) is 4.55. The third-order valence-corrected chi connectivity index (χ3v) is 6.13. The first-order valence-electron chi connectivity index (χ1n) is 7.97. The summed E-state index contributed by atoms with van der Waals surface area (Å²) in [4.78, 5) is 26.0. The van der Waals surface area contributed by atoms with E-state index >= 15 is 0 Å². The topological polar surface area (TPSA) is 90.0 Å². The predicted octanol–water partition coefficient (Wildman–Crippen LogP) is 1.19. The van der Waals surface area contributed by atoms with Gasteiger partial charge in [-0.15, -0.1) is 0 Å². The highest BCUT2D eigenvalue weighted by Crippen LogP contribution is 2.21. The number of amides is 1. The van der Waals surface area contributed by atoms with Crippen LogP contribution in [-0.4, -0.2) is 63.0 Å². The lowest BCUT2D eigenvalue weighted by molar-refractivity contribution is -0.140. The lowest BCUT2D eigenvalue weighted by atomic mass is 10.1. The maximum Gasteiger partial charge on any atom is 0.339 e. The summed E-state index contributed by atoms with van der Waals surface area (Å²) in [6, 6.07) is 4.52. The molecule has 1 amide bonds. The summed E-state index contributed by atoms with van der Waals surface area (Å²) in [7, 11) is -0.0501. The first-order valence-corrected chi connectivity index (χ1v) is 9.79. The Morgan fingerprint density at radius 3 is 2.56 bits per heavy atom. The van der Waals surface area contributed by atoms with Gasteiger partial charge in [-0.05, 0) is 38.0 Å². The van der Waals surface area contributed by atoms with E-state index in [0.717, 1.165) is 5.56 Å². The number of carbonyl (C=O) groups excluding carboxylic acids is 2. The van der Waals surface area contributed by atoms with Gasteiger partial charge in [0.25, 0.3) is 5.91 Å². The summed E-state index contributed by atoms with van der Waals surface area (Å²) in [5, 5.41) is 0. The first-order chi connectivity index (χ1) is 11.6. The number of ether oxygens (including phenoxy) is 2. The van der Waals surface area contributed by atoms with Crippen LogP contribution in [0.3, 0.4) is 0 Å². The highest BCUT2D eigenvalue weighted by molar-refractivity contribution is 7.91. The van der Waals surface area contributed by atoms with Crippen LogP contribution >= 0.6 is 0 Å². The normalized spacial score (nSPS) is 19.9. The second-order valence-electron chi connectivity index (χ2n) is 6.24. The molecule has 0 spiro atoms. The maximum absolute atomic E-state index is 12.4. The monoisotopic (exact) mass is 369 g/mol. The van der Waals surface area contributed by atoms with Crippen molar-refractivity contribution in [1.29, 1.82) is 0 Å². The third kappa shape index (κ3) is 4.50. The van der Waals surface area contributed by atoms with Crippen LogP contribution in [-0.2, 0) is 19.4 Å². The molecular formula is C17H23NO6S. The molecule has 1 saturated heterocycles. The van der Waals surface area contributed by atoms with Crippen LogP contribution in [0, 0.1) is 6.92 Å². The molecular weight excluding hydrogens is 346 g/mol. The molecule has 0 unspecified atom stereocenters. The lowest BCUT2D eigenvalue weighted by Crippen LogP contribution is -2.44. The van der Waals surface area contributed by atoms with Crippen molar-refractivity contribution < 1.29 is 27.5 Å². The van der Waals surface area contributed by atoms with E-state index in [-0.39, 0.29) is 23.1 Å². The average Bonchev–Trinajstić information content (AvgIpc) is 2.93. The van der Waals surface area contributed by atoms with E-state index in [4.69, 9.17) is 9.47 Å². The number of methoxy groups -OCH3 is 1. The summed E-state index contributed by atoms with van der Waals surface area (Å²) in [6.45, 7) is 3.33. The van der Waals surface area contributed by atoms with Crippen molar-refractivity contribution in [2.24, 2.45) is 0 Å². The summed E-state index contributed by atoms with van der Waals surface area (Å²) in [6.07, 6.45) is -0.603. The average molecular weight is 369 g/mol. The van der Waals surface area contributed by atoms with Crippen LogP contribution in [0.25, 0.3) is 0 Å². The first kappa shape index (κ1) is 19.2. The lowest BCUT2D eigenvalue weighted by Gasteiger charge is -2.26. The molecule has 1 aromatic carbocycles. The van der Waals surface area contributed by atoms with E-state index in [1.54, 1.807) is 18.2 Å². The van der Waals surface area contributed by atoms with Crippen molar-refractivity contribution in [1.82, 2.24) is 4.90 Å². The number of hydrogen-bond donors (Lipinski definition) is 0. The highest BCUT2D eigenvalue weighted by Gasteiger charge is 2.35. The second-order valence-corrected chi connectivity index (χ2v) is 8.47. The van der Waals surface area contributed by atoms with Crippen molar-refractivity contribution >= 4 is 21.7 Å². The van der Waals surface area contributed by atoms with Gasteiger partial charge in [0.2, 0.25) is 0 Å². The smallest absolute Gasteiger partial charge is 0.339 e. The number of benzene rings is 1. The van der Waals surface area contributed by atoms with Gasteiger partial charge in [-0.3, -0.25) is 4.79 Å². The SMILES string of the molecule is COc1cc(C(=O)O[C@H](C)C(=O)N(C)[C@@H]2CCS(=O)(=O)C2)ccc1C. The van der Waals surface area contributed by atoms with E-state index in [1.165, 1.54) is 26.0 Å². The molecule has 0 N–H and O–H groups in total. The fraction of sp³-hybridized carbons (Fsp3) is 0.529. The molecule has 1 aromatic rings. The molecule has 1 aliphatic rings. The molecule has 2 rings (SSSR count). The van der Waals surface area contributed by atoms with Gasteiger partial charge in [-0.2, -0.15) is 0 Å². The van der Waals surface area contributed by atoms with Crippen LogP contribution in [0.4, 0.5) is 0 Å². The van der Waals surface area contributed by atoms with E-state index in [2.05, 4.69) is 0 Å². The van der Waals surface area contributed by atoms with Gasteiger partial charge in [0.1, 0.15) is 5.75 Å². The van der Waals surface area contributed by atoms with Gasteiger partial charge in [-0.25, -0.2) is 13.2 Å². The molecule has 1 heterocycles. The highest BCUT2D eigenvalue weighted by atomic mass is 32.2. The van der Waals surface area contributed by atoms with Gasteiger partial charge < -0.3 is 14.4 Å². The second kappa shape index (κ2) is 7.43. The van der Waals surface area contributed by atoms with Crippen LogP contribution < -0.4 is 4.74 Å². The Morgan fingerprint density at radius 1 is 1.32 bits per heavy atom. The van der Waals surface area contributed by atoms with Crippen molar-refractivity contribution in [3.63, 3.8) is 0 Å². The summed E-state index contributed by atoms with van der Waals surface area (Å²) >= 11 is 0. The molecule has 0 aromatic heterocycles. The molecule has 0 radical (unpaired) electrons. The van der Waals surface area contributed by atoms with Crippen LogP contribution in [0.5, 0.6) is 5.75 Å². The quantitative estimate of drug-likeness (QED) is 0.725. The Bertz CT molecular complexity index is 773. The molecule has 0 aliphatic carbocycles. The van der Waals surface area contributed by atoms with Gasteiger partial charge in [0.05, 0.1) is 24.2 Å². The van der Waals surface area contributed by atoms with Gasteiger partial charge >= 0.3 is 5.97 Å². The largest absolute Gasteiger partial charge is 0.496 e. The third-order valence-electron chi connectivity index (χ3n) is 4.38. The summed E-state index contributed by atoms with van der Waals surface area (Å²) < 4.78 is 33.5. The number of aryl methyl sites for hydroxylation is 1. The Hall–Kier alpha value is -2.09. The number of carbonyl (C=O) groups is 2. The summed E-state index contributed by atoms with van der Waals surface area (Å²) in [5.74, 6) is -0.472. The van der Waals surface area contributed by atoms with Gasteiger partial charge in [0, 0.05) is 13.1 Å². The van der Waals surface area contributed by atoms with Gasteiger partial charge in [-0.1, -0.05) is 6.07 Å². The van der Waals surface area contributed by atoms with Crippen molar-refractivity contribution in [3.05, 3.63) is 29.3 Å². The molecule has 2 atom stereocenters. The number of nitrogens with zero attached hydrogens (tertiary/aromatic N) is 1. The predicted molar refractivity (Wildman–Crippen MR) is 92.4 cm³/mol. The number of hydrogen-bond acceptors (Lipinski definition) is 6. The molecule has 25 heavy (non-hydrogen) atoms. The number of likely N-dealkylation sites (N-methyl/N-ethyl adjacent to an activating group) is 1. The van der Waals surface area contributed by atoms with Crippen LogP contribution in [0.15, 0.2) is 18.2 Å². The maximum atomic E-state index is 12.4. The van der Waals surface area contributed by atoms with Crippen molar-refractivity contribution in [2.45, 2.75) is 32.4 Å². The van der Waals surface area contributed by atoms with E-state index in [1.807, 2.05) is 6.92 Å². The number of rotatable bonds is 5. The molecule has 8 heteroatoms. The number of sulfone groups is 1. The van der Waals surface area contributed by atoms with E-state index in [9.17, 15) is 18.0 Å². The Morgan fingerprint density at radius 2 is 2.00 bits per heavy atom. The summed E-state index contributed by atoms with van der Waals surface area (Å²) in [5.41, 5.74) is 1.17. The Labute approximate surface area is 147 Å². The minimum absolute atomic E-state index is 0.0505.